The maximum atomic E-state index is 8.87. The molecule has 0 spiro atoms. The topological polar surface area (TPSA) is 69.2 Å². The van der Waals surface area contributed by atoms with Crippen LogP contribution in [0.25, 0.3) is 11.2 Å². The van der Waals surface area contributed by atoms with Crippen LogP contribution in [0.2, 0.25) is 0 Å². The van der Waals surface area contributed by atoms with Crippen LogP contribution in [0.1, 0.15) is 12.0 Å². The van der Waals surface area contributed by atoms with Crippen molar-refractivity contribution in [2.24, 2.45) is 0 Å². The Kier molecular flexibility index (Phi) is 2.23. The molecule has 2 saturated heterocycles. The first-order chi connectivity index (χ1) is 9.33. The second-order valence-corrected chi connectivity index (χ2v) is 5.09. The highest BCUT2D eigenvalue weighted by molar-refractivity contribution is 5.71. The molecule has 0 aliphatic carbocycles. The number of oxazole rings is 1. The Bertz CT molecular complexity index is 673. The number of rotatable bonds is 1. The summed E-state index contributed by atoms with van der Waals surface area (Å²) in [5, 5.41) is 8.87. The Balaban J connectivity index is 1.73. The molecule has 4 heterocycles. The molecule has 0 aromatic carbocycles. The maximum Gasteiger partial charge on any atom is 0.300 e. The summed E-state index contributed by atoms with van der Waals surface area (Å²) in [4.78, 5) is 13.3. The van der Waals surface area contributed by atoms with Crippen LogP contribution in [0.5, 0.6) is 0 Å². The van der Waals surface area contributed by atoms with Crippen LogP contribution >= 0.6 is 0 Å². The second-order valence-electron chi connectivity index (χ2n) is 5.09. The molecule has 2 bridgehead atoms. The van der Waals surface area contributed by atoms with E-state index in [4.69, 9.17) is 9.68 Å². The normalized spacial score (nSPS) is 25.7. The van der Waals surface area contributed by atoms with Crippen LogP contribution in [0.4, 0.5) is 6.01 Å². The minimum absolute atomic E-state index is 0.497. The van der Waals surface area contributed by atoms with Crippen molar-refractivity contribution in [1.29, 1.82) is 5.26 Å². The van der Waals surface area contributed by atoms with E-state index in [2.05, 4.69) is 25.8 Å². The van der Waals surface area contributed by atoms with Gasteiger partial charge in [-0.05, 0) is 6.42 Å². The van der Waals surface area contributed by atoms with Crippen molar-refractivity contribution in [3.05, 3.63) is 17.8 Å². The Labute approximate surface area is 110 Å². The van der Waals surface area contributed by atoms with E-state index in [0.29, 0.717) is 28.9 Å². The molecule has 2 fully saturated rings. The summed E-state index contributed by atoms with van der Waals surface area (Å²) in [5.74, 6) is 0. The first kappa shape index (κ1) is 10.8. The molecule has 0 N–H and O–H groups in total. The minimum Gasteiger partial charge on any atom is -0.422 e. The molecule has 0 saturated carbocycles. The molecule has 2 aromatic rings. The Morgan fingerprint density at radius 1 is 1.37 bits per heavy atom. The van der Waals surface area contributed by atoms with Crippen molar-refractivity contribution < 1.29 is 4.42 Å². The molecule has 2 aromatic heterocycles. The Hall–Kier alpha value is -2.13. The molecule has 6 heteroatoms. The van der Waals surface area contributed by atoms with Crippen LogP contribution in [-0.4, -0.2) is 47.1 Å². The molecule has 6 nitrogen and oxygen atoms in total. The number of nitrogens with zero attached hydrogens (tertiary/aromatic N) is 5. The van der Waals surface area contributed by atoms with Crippen molar-refractivity contribution in [3.63, 3.8) is 0 Å². The van der Waals surface area contributed by atoms with Gasteiger partial charge in [0.15, 0.2) is 5.58 Å². The van der Waals surface area contributed by atoms with E-state index in [1.807, 2.05) is 0 Å². The number of hydrogen-bond donors (Lipinski definition) is 0. The van der Waals surface area contributed by atoms with Crippen molar-refractivity contribution in [2.45, 2.75) is 12.5 Å². The van der Waals surface area contributed by atoms with Gasteiger partial charge >= 0.3 is 0 Å². The minimum atomic E-state index is 0.497. The van der Waals surface area contributed by atoms with Crippen LogP contribution < -0.4 is 4.90 Å². The first-order valence-electron chi connectivity index (χ1n) is 6.49. The third-order valence-electron chi connectivity index (χ3n) is 3.96. The zero-order chi connectivity index (χ0) is 12.8. The van der Waals surface area contributed by atoms with Crippen molar-refractivity contribution in [1.82, 2.24) is 14.9 Å². The summed E-state index contributed by atoms with van der Waals surface area (Å²) in [6.07, 6.45) is 2.69. The van der Waals surface area contributed by atoms with Gasteiger partial charge < -0.3 is 9.32 Å². The van der Waals surface area contributed by atoms with Crippen molar-refractivity contribution in [2.75, 3.05) is 31.1 Å². The molecule has 19 heavy (non-hydrogen) atoms. The summed E-state index contributed by atoms with van der Waals surface area (Å²) in [7, 11) is 0. The van der Waals surface area contributed by atoms with Gasteiger partial charge in [-0.25, -0.2) is 4.98 Å². The van der Waals surface area contributed by atoms with E-state index in [9.17, 15) is 0 Å². The van der Waals surface area contributed by atoms with Crippen LogP contribution in [0.3, 0.4) is 0 Å². The van der Waals surface area contributed by atoms with Crippen LogP contribution in [-0.2, 0) is 0 Å². The molecule has 96 valence electrons. The summed E-state index contributed by atoms with van der Waals surface area (Å²) in [6, 6.07) is 4.90. The molecule has 0 amide bonds. The highest BCUT2D eigenvalue weighted by Gasteiger charge is 2.34. The fourth-order valence-corrected chi connectivity index (χ4v) is 2.95. The molecule has 2 unspecified atom stereocenters. The Morgan fingerprint density at radius 3 is 3.21 bits per heavy atom. The molecule has 2 atom stereocenters. The van der Waals surface area contributed by atoms with Crippen LogP contribution in [0.15, 0.2) is 16.7 Å². The predicted molar refractivity (Wildman–Crippen MR) is 68.7 cm³/mol. The zero-order valence-corrected chi connectivity index (χ0v) is 10.4. The predicted octanol–water partition coefficient (Wildman–Crippen LogP) is 0.989. The van der Waals surface area contributed by atoms with E-state index in [1.165, 1.54) is 6.20 Å². The number of aromatic nitrogens is 2. The fraction of sp³-hybridized carbons (Fsp3) is 0.462. The van der Waals surface area contributed by atoms with Gasteiger partial charge in [-0.2, -0.15) is 10.2 Å². The maximum absolute atomic E-state index is 8.87. The molecular weight excluding hydrogens is 242 g/mol. The van der Waals surface area contributed by atoms with Gasteiger partial charge in [0, 0.05) is 44.5 Å². The van der Waals surface area contributed by atoms with Crippen molar-refractivity contribution >= 4 is 17.2 Å². The lowest BCUT2D eigenvalue weighted by atomic mass is 10.2. The van der Waals surface area contributed by atoms with Gasteiger partial charge in [-0.3, -0.25) is 4.90 Å². The van der Waals surface area contributed by atoms with Gasteiger partial charge in [0.25, 0.3) is 6.01 Å². The lowest BCUT2D eigenvalue weighted by molar-refractivity contribution is 0.304. The standard InChI is InChI=1S/C13H13N5O/c14-6-9-5-11-12(15-7-9)16-13(19-11)18-4-3-17-2-1-10(18)8-17/h5,7,10H,1-4,8H2. The van der Waals surface area contributed by atoms with Gasteiger partial charge in [0.05, 0.1) is 5.56 Å². The van der Waals surface area contributed by atoms with E-state index in [0.717, 1.165) is 32.6 Å². The van der Waals surface area contributed by atoms with Gasteiger partial charge in [0.2, 0.25) is 5.65 Å². The zero-order valence-electron chi connectivity index (χ0n) is 10.4. The SMILES string of the molecule is N#Cc1cnc2nc(N3CCN4CCC3C4)oc2c1. The number of piperazine rings is 1. The van der Waals surface area contributed by atoms with Gasteiger partial charge in [0.1, 0.15) is 6.07 Å². The van der Waals surface area contributed by atoms with E-state index in [-0.39, 0.29) is 0 Å². The summed E-state index contributed by atoms with van der Waals surface area (Å²) < 4.78 is 5.78. The smallest absolute Gasteiger partial charge is 0.300 e. The largest absolute Gasteiger partial charge is 0.422 e. The van der Waals surface area contributed by atoms with Gasteiger partial charge in [-0.15, -0.1) is 0 Å². The molecule has 2 aliphatic rings. The highest BCUT2D eigenvalue weighted by atomic mass is 16.4. The monoisotopic (exact) mass is 255 g/mol. The molecule has 0 radical (unpaired) electrons. The van der Waals surface area contributed by atoms with Gasteiger partial charge in [-0.1, -0.05) is 0 Å². The van der Waals surface area contributed by atoms with E-state index >= 15 is 0 Å². The third-order valence-corrected chi connectivity index (χ3v) is 3.96. The summed E-state index contributed by atoms with van der Waals surface area (Å²) >= 11 is 0. The van der Waals surface area contributed by atoms with Crippen molar-refractivity contribution in [3.8, 4) is 6.07 Å². The van der Waals surface area contributed by atoms with E-state index in [1.54, 1.807) is 6.07 Å². The fourth-order valence-electron chi connectivity index (χ4n) is 2.95. The molecular formula is C13H13N5O. The number of anilines is 1. The average molecular weight is 255 g/mol. The number of nitriles is 1. The quantitative estimate of drug-likeness (QED) is 0.757. The van der Waals surface area contributed by atoms with E-state index < -0.39 is 0 Å². The molecule has 2 aliphatic heterocycles. The number of fused-ring (bicyclic) bond motifs is 3. The average Bonchev–Trinajstić information content (AvgIpc) is 3.02. The highest BCUT2D eigenvalue weighted by Crippen LogP contribution is 2.28. The lowest BCUT2D eigenvalue weighted by Crippen LogP contribution is -2.46. The Morgan fingerprint density at radius 2 is 2.32 bits per heavy atom. The summed E-state index contributed by atoms with van der Waals surface area (Å²) in [6.45, 7) is 4.27. The number of hydrogen-bond acceptors (Lipinski definition) is 6. The first-order valence-corrected chi connectivity index (χ1v) is 6.49. The second kappa shape index (κ2) is 3.93. The lowest BCUT2D eigenvalue weighted by Gasteiger charge is -2.32. The summed E-state index contributed by atoms with van der Waals surface area (Å²) in [5.41, 5.74) is 1.67. The number of pyridine rings is 1. The molecule has 4 rings (SSSR count). The third kappa shape index (κ3) is 1.66. The van der Waals surface area contributed by atoms with Crippen LogP contribution in [0, 0.1) is 11.3 Å².